The number of hydrogen-bond donors (Lipinski definition) is 1. The molecule has 1 N–H and O–H groups in total. The van der Waals surface area contributed by atoms with Crippen molar-refractivity contribution in [1.29, 1.82) is 0 Å². The van der Waals surface area contributed by atoms with E-state index in [0.29, 0.717) is 23.2 Å². The van der Waals surface area contributed by atoms with E-state index in [2.05, 4.69) is 15.5 Å². The summed E-state index contributed by atoms with van der Waals surface area (Å²) in [7, 11) is 4.72. The topological polar surface area (TPSA) is 95.7 Å². The monoisotopic (exact) mass is 383 g/mol. The molecule has 2 aromatic carbocycles. The molecule has 8 heteroatoms. The van der Waals surface area contributed by atoms with Crippen molar-refractivity contribution in [1.82, 2.24) is 15.5 Å². The predicted molar refractivity (Wildman–Crippen MR) is 101 cm³/mol. The van der Waals surface area contributed by atoms with E-state index in [0.717, 1.165) is 16.9 Å². The van der Waals surface area contributed by atoms with E-state index in [1.54, 1.807) is 33.5 Å². The number of nitrogens with zero attached hydrogens (tertiary/aromatic N) is 2. The van der Waals surface area contributed by atoms with Crippen LogP contribution in [-0.4, -0.2) is 37.4 Å². The van der Waals surface area contributed by atoms with Crippen molar-refractivity contribution in [3.05, 3.63) is 53.9 Å². The van der Waals surface area contributed by atoms with Crippen LogP contribution in [0.4, 0.5) is 0 Å². The van der Waals surface area contributed by atoms with E-state index in [-0.39, 0.29) is 18.9 Å². The highest BCUT2D eigenvalue weighted by molar-refractivity contribution is 5.78. The number of carbonyl (C=O) groups excluding carboxylic acids is 1. The van der Waals surface area contributed by atoms with Crippen LogP contribution in [0.3, 0.4) is 0 Å². The van der Waals surface area contributed by atoms with Gasteiger partial charge >= 0.3 is 0 Å². The number of carbonyl (C=O) groups is 1. The zero-order valence-electron chi connectivity index (χ0n) is 15.9. The van der Waals surface area contributed by atoms with Crippen LogP contribution in [0.5, 0.6) is 17.2 Å². The zero-order valence-corrected chi connectivity index (χ0v) is 15.9. The molecule has 0 spiro atoms. The lowest BCUT2D eigenvalue weighted by atomic mass is 10.1. The molecule has 0 aliphatic carbocycles. The molecule has 146 valence electrons. The summed E-state index contributed by atoms with van der Waals surface area (Å²) in [5.41, 5.74) is 1.60. The second-order valence-corrected chi connectivity index (χ2v) is 5.88. The highest BCUT2D eigenvalue weighted by Crippen LogP contribution is 2.27. The Morgan fingerprint density at radius 3 is 2.43 bits per heavy atom. The molecule has 0 saturated carbocycles. The van der Waals surface area contributed by atoms with E-state index in [1.165, 1.54) is 0 Å². The van der Waals surface area contributed by atoms with Gasteiger partial charge in [-0.1, -0.05) is 11.2 Å². The number of nitrogens with one attached hydrogen (secondary N) is 1. The maximum atomic E-state index is 12.2. The Morgan fingerprint density at radius 2 is 1.75 bits per heavy atom. The summed E-state index contributed by atoms with van der Waals surface area (Å²) in [6, 6.07) is 12.7. The third-order valence-electron chi connectivity index (χ3n) is 4.07. The number of benzene rings is 2. The van der Waals surface area contributed by atoms with Crippen LogP contribution in [0.2, 0.25) is 0 Å². The van der Waals surface area contributed by atoms with Gasteiger partial charge in [-0.05, 0) is 42.0 Å². The smallest absolute Gasteiger partial charge is 0.246 e. The van der Waals surface area contributed by atoms with Gasteiger partial charge in [0, 0.05) is 5.56 Å². The minimum atomic E-state index is -0.170. The third-order valence-corrected chi connectivity index (χ3v) is 4.07. The Morgan fingerprint density at radius 1 is 1.00 bits per heavy atom. The summed E-state index contributed by atoms with van der Waals surface area (Å²) >= 11 is 0. The molecule has 0 radical (unpaired) electrons. The first-order valence-corrected chi connectivity index (χ1v) is 8.57. The molecule has 0 aliphatic heterocycles. The number of aromatic nitrogens is 2. The molecule has 1 heterocycles. The average Bonchev–Trinajstić information content (AvgIpc) is 3.21. The van der Waals surface area contributed by atoms with Gasteiger partial charge in [-0.3, -0.25) is 4.79 Å². The van der Waals surface area contributed by atoms with Crippen molar-refractivity contribution in [2.75, 3.05) is 21.3 Å². The number of hydrogen-bond acceptors (Lipinski definition) is 7. The van der Waals surface area contributed by atoms with E-state index < -0.39 is 0 Å². The lowest BCUT2D eigenvalue weighted by Crippen LogP contribution is -2.24. The lowest BCUT2D eigenvalue weighted by molar-refractivity contribution is -0.120. The summed E-state index contributed by atoms with van der Waals surface area (Å²) in [5.74, 6) is 2.54. The average molecular weight is 383 g/mol. The maximum absolute atomic E-state index is 12.2. The van der Waals surface area contributed by atoms with Crippen molar-refractivity contribution in [2.45, 2.75) is 13.0 Å². The van der Waals surface area contributed by atoms with Crippen LogP contribution < -0.4 is 19.5 Å². The maximum Gasteiger partial charge on any atom is 0.246 e. The van der Waals surface area contributed by atoms with Crippen LogP contribution in [0.25, 0.3) is 11.4 Å². The summed E-state index contributed by atoms with van der Waals surface area (Å²) in [5, 5.41) is 6.71. The Labute approximate surface area is 162 Å². The fraction of sp³-hybridized carbons (Fsp3) is 0.250. The van der Waals surface area contributed by atoms with Gasteiger partial charge in [0.05, 0.1) is 34.3 Å². The van der Waals surface area contributed by atoms with Crippen molar-refractivity contribution in [2.24, 2.45) is 0 Å². The molecule has 28 heavy (non-hydrogen) atoms. The SMILES string of the molecule is COc1ccc(-c2noc(CNC(=O)Cc3ccc(OC)c(OC)c3)n2)cc1. The molecular weight excluding hydrogens is 362 g/mol. The molecule has 0 bridgehead atoms. The predicted octanol–water partition coefficient (Wildman–Crippen LogP) is 2.62. The number of rotatable bonds is 8. The van der Waals surface area contributed by atoms with Crippen LogP contribution in [-0.2, 0) is 17.8 Å². The Hall–Kier alpha value is -3.55. The van der Waals surface area contributed by atoms with Crippen LogP contribution in [0, 0.1) is 0 Å². The second-order valence-electron chi connectivity index (χ2n) is 5.88. The van der Waals surface area contributed by atoms with Crippen molar-refractivity contribution >= 4 is 5.91 Å². The first kappa shape index (κ1) is 19.2. The number of amides is 1. The summed E-state index contributed by atoms with van der Waals surface area (Å²) in [4.78, 5) is 16.5. The third kappa shape index (κ3) is 4.59. The highest BCUT2D eigenvalue weighted by atomic mass is 16.5. The van der Waals surface area contributed by atoms with Gasteiger partial charge in [0.15, 0.2) is 11.5 Å². The minimum Gasteiger partial charge on any atom is -0.497 e. The summed E-state index contributed by atoms with van der Waals surface area (Å²) < 4.78 is 20.8. The molecule has 0 aliphatic rings. The van der Waals surface area contributed by atoms with E-state index >= 15 is 0 Å². The van der Waals surface area contributed by atoms with Crippen molar-refractivity contribution in [3.8, 4) is 28.6 Å². The van der Waals surface area contributed by atoms with Crippen LogP contribution in [0.15, 0.2) is 47.0 Å². The summed E-state index contributed by atoms with van der Waals surface area (Å²) in [6.45, 7) is 0.148. The Bertz CT molecular complexity index is 937. The Kier molecular flexibility index (Phi) is 6.11. The standard InChI is InChI=1S/C20H21N3O5/c1-25-15-7-5-14(6-8-15)20-22-19(28-23-20)12-21-18(24)11-13-4-9-16(26-2)17(10-13)27-3/h4-10H,11-12H2,1-3H3,(H,21,24). The Balaban J connectivity index is 1.57. The summed E-state index contributed by atoms with van der Waals surface area (Å²) in [6.07, 6.45) is 0.194. The molecule has 0 unspecified atom stereocenters. The minimum absolute atomic E-state index is 0.148. The van der Waals surface area contributed by atoms with E-state index in [1.807, 2.05) is 30.3 Å². The fourth-order valence-electron chi connectivity index (χ4n) is 2.60. The van der Waals surface area contributed by atoms with E-state index in [9.17, 15) is 4.79 Å². The fourth-order valence-corrected chi connectivity index (χ4v) is 2.60. The van der Waals surface area contributed by atoms with Gasteiger partial charge < -0.3 is 24.1 Å². The molecular formula is C20H21N3O5. The first-order chi connectivity index (χ1) is 13.6. The van der Waals surface area contributed by atoms with Gasteiger partial charge in [0.25, 0.3) is 0 Å². The van der Waals surface area contributed by atoms with Crippen molar-refractivity contribution < 1.29 is 23.5 Å². The zero-order chi connectivity index (χ0) is 19.9. The van der Waals surface area contributed by atoms with Gasteiger partial charge in [-0.15, -0.1) is 0 Å². The van der Waals surface area contributed by atoms with Gasteiger partial charge in [0.1, 0.15) is 5.75 Å². The quantitative estimate of drug-likeness (QED) is 0.639. The normalized spacial score (nSPS) is 10.4. The largest absolute Gasteiger partial charge is 0.497 e. The first-order valence-electron chi connectivity index (χ1n) is 8.57. The van der Waals surface area contributed by atoms with Crippen LogP contribution in [0.1, 0.15) is 11.5 Å². The molecule has 1 amide bonds. The molecule has 3 aromatic rings. The second kappa shape index (κ2) is 8.90. The molecule has 8 nitrogen and oxygen atoms in total. The lowest BCUT2D eigenvalue weighted by Gasteiger charge is -2.09. The van der Waals surface area contributed by atoms with Crippen LogP contribution >= 0.6 is 0 Å². The molecule has 3 rings (SSSR count). The molecule has 0 atom stereocenters. The molecule has 1 aromatic heterocycles. The highest BCUT2D eigenvalue weighted by Gasteiger charge is 2.12. The molecule has 0 fully saturated rings. The molecule has 0 saturated heterocycles. The van der Waals surface area contributed by atoms with E-state index in [4.69, 9.17) is 18.7 Å². The number of ether oxygens (including phenoxy) is 3. The van der Waals surface area contributed by atoms with Gasteiger partial charge in [-0.2, -0.15) is 4.98 Å². The number of methoxy groups -OCH3 is 3. The van der Waals surface area contributed by atoms with Crippen molar-refractivity contribution in [3.63, 3.8) is 0 Å². The van der Waals surface area contributed by atoms with Gasteiger partial charge in [0.2, 0.25) is 17.6 Å². The van der Waals surface area contributed by atoms with Gasteiger partial charge in [-0.25, -0.2) is 0 Å².